The molecule has 1 aromatic heterocycles. The number of nitrogens with one attached hydrogen (secondary N) is 1. The van der Waals surface area contributed by atoms with Gasteiger partial charge in [0.05, 0.1) is 18.1 Å². The topological polar surface area (TPSA) is 87.9 Å². The van der Waals surface area contributed by atoms with Crippen LogP contribution in [0.25, 0.3) is 0 Å². The molecular formula is C16H19N3O4S. The minimum atomic E-state index is -0.579. The summed E-state index contributed by atoms with van der Waals surface area (Å²) < 4.78 is 5.15. The van der Waals surface area contributed by atoms with Crippen LogP contribution in [-0.2, 0) is 0 Å². The summed E-state index contributed by atoms with van der Waals surface area (Å²) in [6, 6.07) is 7.04. The predicted molar refractivity (Wildman–Crippen MR) is 91.9 cm³/mol. The molecule has 0 radical (unpaired) electrons. The van der Waals surface area contributed by atoms with Crippen molar-refractivity contribution in [1.82, 2.24) is 10.2 Å². The lowest BCUT2D eigenvalue weighted by molar-refractivity contribution is -0.386. The van der Waals surface area contributed by atoms with Gasteiger partial charge in [-0.1, -0.05) is 6.07 Å². The number of thiophene rings is 1. The van der Waals surface area contributed by atoms with E-state index in [1.807, 2.05) is 17.5 Å². The Kier molecular flexibility index (Phi) is 4.98. The first-order chi connectivity index (χ1) is 11.6. The highest BCUT2D eigenvalue weighted by molar-refractivity contribution is 7.10. The Bertz CT molecular complexity index is 714. The molecule has 1 aromatic carbocycles. The number of ether oxygens (including phenoxy) is 1. The Morgan fingerprint density at radius 3 is 2.75 bits per heavy atom. The van der Waals surface area contributed by atoms with Crippen LogP contribution in [0.5, 0.6) is 11.5 Å². The van der Waals surface area contributed by atoms with Gasteiger partial charge in [0, 0.05) is 37.1 Å². The standard InChI is InChI=1S/C16H19N3O4S/c1-23-13-10-11(9-12(16(13)20)19(21)22)15(14-3-2-8-24-14)18-6-4-17-5-7-18/h2-3,8-10,15,17,20H,4-7H2,1H3/t15-/m1/s1. The second kappa shape index (κ2) is 7.16. The number of phenolic OH excluding ortho intramolecular Hbond substituents is 1. The van der Waals surface area contributed by atoms with Gasteiger partial charge in [-0.2, -0.15) is 0 Å². The molecule has 0 bridgehead atoms. The lowest BCUT2D eigenvalue weighted by Crippen LogP contribution is -2.45. The Labute approximate surface area is 143 Å². The Morgan fingerprint density at radius 2 is 2.17 bits per heavy atom. The van der Waals surface area contributed by atoms with Gasteiger partial charge in [0.25, 0.3) is 0 Å². The normalized spacial score (nSPS) is 16.7. The smallest absolute Gasteiger partial charge is 0.315 e. The highest BCUT2D eigenvalue weighted by Crippen LogP contribution is 2.42. The van der Waals surface area contributed by atoms with E-state index in [-0.39, 0.29) is 17.5 Å². The van der Waals surface area contributed by atoms with E-state index in [2.05, 4.69) is 10.2 Å². The van der Waals surface area contributed by atoms with E-state index in [1.54, 1.807) is 17.4 Å². The van der Waals surface area contributed by atoms with Crippen LogP contribution in [0.1, 0.15) is 16.5 Å². The molecule has 0 saturated carbocycles. The van der Waals surface area contributed by atoms with Crippen molar-refractivity contribution < 1.29 is 14.8 Å². The van der Waals surface area contributed by atoms with Gasteiger partial charge < -0.3 is 15.2 Å². The number of nitrogens with zero attached hydrogens (tertiary/aromatic N) is 2. The summed E-state index contributed by atoms with van der Waals surface area (Å²) in [5, 5.41) is 26.6. The first-order valence-electron chi connectivity index (χ1n) is 7.65. The number of piperazine rings is 1. The number of nitro groups is 1. The molecule has 0 spiro atoms. The van der Waals surface area contributed by atoms with Gasteiger partial charge in [0.2, 0.25) is 5.75 Å². The molecule has 1 saturated heterocycles. The van der Waals surface area contributed by atoms with Crippen LogP contribution in [0, 0.1) is 10.1 Å². The van der Waals surface area contributed by atoms with Gasteiger partial charge >= 0.3 is 5.69 Å². The van der Waals surface area contributed by atoms with Crippen LogP contribution in [0.2, 0.25) is 0 Å². The molecule has 24 heavy (non-hydrogen) atoms. The first kappa shape index (κ1) is 16.7. The number of methoxy groups -OCH3 is 1. The maximum Gasteiger partial charge on any atom is 0.315 e. The second-order valence-corrected chi connectivity index (χ2v) is 6.53. The maximum absolute atomic E-state index is 11.3. The fraction of sp³-hybridized carbons (Fsp3) is 0.375. The summed E-state index contributed by atoms with van der Waals surface area (Å²) in [6.45, 7) is 3.44. The molecule has 2 N–H and O–H groups in total. The largest absolute Gasteiger partial charge is 0.500 e. The third-order valence-electron chi connectivity index (χ3n) is 4.14. The first-order valence-corrected chi connectivity index (χ1v) is 8.53. The molecular weight excluding hydrogens is 330 g/mol. The lowest BCUT2D eigenvalue weighted by atomic mass is 10.0. The Morgan fingerprint density at radius 1 is 1.42 bits per heavy atom. The van der Waals surface area contributed by atoms with Crippen molar-refractivity contribution in [1.29, 1.82) is 0 Å². The van der Waals surface area contributed by atoms with E-state index in [1.165, 1.54) is 13.2 Å². The van der Waals surface area contributed by atoms with E-state index < -0.39 is 10.7 Å². The van der Waals surface area contributed by atoms with Gasteiger partial charge in [0.1, 0.15) is 0 Å². The molecule has 0 unspecified atom stereocenters. The lowest BCUT2D eigenvalue weighted by Gasteiger charge is -2.34. The number of hydrogen-bond acceptors (Lipinski definition) is 7. The fourth-order valence-electron chi connectivity index (χ4n) is 3.01. The number of aromatic hydroxyl groups is 1. The number of phenols is 1. The molecule has 1 fully saturated rings. The van der Waals surface area contributed by atoms with Crippen LogP contribution in [0.4, 0.5) is 5.69 Å². The van der Waals surface area contributed by atoms with Crippen molar-refractivity contribution in [2.45, 2.75) is 6.04 Å². The van der Waals surface area contributed by atoms with Crippen molar-refractivity contribution >= 4 is 17.0 Å². The minimum absolute atomic E-state index is 0.0969. The van der Waals surface area contributed by atoms with Gasteiger partial charge in [-0.3, -0.25) is 15.0 Å². The zero-order valence-corrected chi connectivity index (χ0v) is 14.1. The Hall–Kier alpha value is -2.16. The van der Waals surface area contributed by atoms with E-state index in [0.29, 0.717) is 0 Å². The van der Waals surface area contributed by atoms with Crippen LogP contribution < -0.4 is 10.1 Å². The monoisotopic (exact) mass is 349 g/mol. The van der Waals surface area contributed by atoms with Gasteiger partial charge in [-0.05, 0) is 23.1 Å². The molecule has 2 aromatic rings. The van der Waals surface area contributed by atoms with Crippen molar-refractivity contribution in [3.05, 3.63) is 50.2 Å². The molecule has 0 amide bonds. The summed E-state index contributed by atoms with van der Waals surface area (Å²) in [7, 11) is 1.40. The molecule has 1 atom stereocenters. The molecule has 8 heteroatoms. The van der Waals surface area contributed by atoms with Crippen LogP contribution >= 0.6 is 11.3 Å². The average molecular weight is 349 g/mol. The van der Waals surface area contributed by atoms with Crippen LogP contribution in [0.15, 0.2) is 29.6 Å². The fourth-order valence-corrected chi connectivity index (χ4v) is 3.89. The van der Waals surface area contributed by atoms with Gasteiger partial charge in [0.15, 0.2) is 5.75 Å². The summed E-state index contributed by atoms with van der Waals surface area (Å²) in [5.41, 5.74) is 0.418. The number of nitro benzene ring substituents is 1. The number of rotatable bonds is 5. The molecule has 1 aliphatic rings. The number of benzene rings is 1. The third-order valence-corrected chi connectivity index (χ3v) is 5.06. The zero-order valence-electron chi connectivity index (χ0n) is 13.3. The van der Waals surface area contributed by atoms with E-state index in [0.717, 1.165) is 36.6 Å². The highest BCUT2D eigenvalue weighted by atomic mass is 32.1. The quantitative estimate of drug-likeness (QED) is 0.636. The third kappa shape index (κ3) is 3.21. The van der Waals surface area contributed by atoms with Crippen molar-refractivity contribution in [3.8, 4) is 11.5 Å². The SMILES string of the molecule is COc1cc([C@H](c2cccs2)N2CCNCC2)cc([N+](=O)[O-])c1O. The van der Waals surface area contributed by atoms with Crippen molar-refractivity contribution in [2.75, 3.05) is 33.3 Å². The van der Waals surface area contributed by atoms with E-state index >= 15 is 0 Å². The molecule has 1 aliphatic heterocycles. The summed E-state index contributed by atoms with van der Waals surface area (Å²) in [4.78, 5) is 14.1. The molecule has 3 rings (SSSR count). The van der Waals surface area contributed by atoms with Crippen molar-refractivity contribution in [3.63, 3.8) is 0 Å². The maximum atomic E-state index is 11.3. The van der Waals surface area contributed by atoms with E-state index in [4.69, 9.17) is 4.74 Å². The highest BCUT2D eigenvalue weighted by Gasteiger charge is 2.29. The zero-order chi connectivity index (χ0) is 17.1. The molecule has 7 nitrogen and oxygen atoms in total. The van der Waals surface area contributed by atoms with Gasteiger partial charge in [-0.15, -0.1) is 11.3 Å². The number of hydrogen-bond donors (Lipinski definition) is 2. The summed E-state index contributed by atoms with van der Waals surface area (Å²) in [5.74, 6) is -0.313. The van der Waals surface area contributed by atoms with E-state index in [9.17, 15) is 15.2 Å². The molecule has 128 valence electrons. The molecule has 2 heterocycles. The minimum Gasteiger partial charge on any atom is -0.500 e. The van der Waals surface area contributed by atoms with Crippen LogP contribution in [-0.4, -0.2) is 48.2 Å². The second-order valence-electron chi connectivity index (χ2n) is 5.55. The van der Waals surface area contributed by atoms with Crippen molar-refractivity contribution in [2.24, 2.45) is 0 Å². The summed E-state index contributed by atoms with van der Waals surface area (Å²) >= 11 is 1.62. The van der Waals surface area contributed by atoms with Gasteiger partial charge in [-0.25, -0.2) is 0 Å². The Balaban J connectivity index is 2.10. The average Bonchev–Trinajstić information content (AvgIpc) is 3.11. The predicted octanol–water partition coefficient (Wildman–Crippen LogP) is 2.37. The molecule has 0 aliphatic carbocycles. The summed E-state index contributed by atoms with van der Waals surface area (Å²) in [6.07, 6.45) is 0. The van der Waals surface area contributed by atoms with Crippen LogP contribution in [0.3, 0.4) is 0 Å².